The van der Waals surface area contributed by atoms with Gasteiger partial charge in [0.1, 0.15) is 4.21 Å². The van der Waals surface area contributed by atoms with Gasteiger partial charge in [-0.25, -0.2) is 13.2 Å². The van der Waals surface area contributed by atoms with Gasteiger partial charge in [0, 0.05) is 13.7 Å². The van der Waals surface area contributed by atoms with Crippen molar-refractivity contribution in [3.63, 3.8) is 0 Å². The standard InChI is InChI=1S/C14H21NO5S2/c1-11-8-12(21-9-11)22(17,18)15-7-5-4-6-14(15,10-19-2)13(16)20-3/h8-9H,4-7,10H2,1-3H3. The quantitative estimate of drug-likeness (QED) is 0.759. The van der Waals surface area contributed by atoms with E-state index in [4.69, 9.17) is 9.47 Å². The monoisotopic (exact) mass is 347 g/mol. The Morgan fingerprint density at radius 2 is 2.14 bits per heavy atom. The molecule has 1 atom stereocenters. The maximum atomic E-state index is 13.0. The molecule has 0 saturated carbocycles. The van der Waals surface area contributed by atoms with Crippen LogP contribution in [0, 0.1) is 6.92 Å². The lowest BCUT2D eigenvalue weighted by Gasteiger charge is -2.42. The predicted octanol–water partition coefficient (Wildman–Crippen LogP) is 1.79. The van der Waals surface area contributed by atoms with Crippen molar-refractivity contribution in [2.45, 2.75) is 35.9 Å². The first-order valence-corrected chi connectivity index (χ1v) is 9.36. The van der Waals surface area contributed by atoms with Crippen molar-refractivity contribution < 1.29 is 22.7 Å². The van der Waals surface area contributed by atoms with Crippen LogP contribution in [-0.4, -0.2) is 51.6 Å². The van der Waals surface area contributed by atoms with Gasteiger partial charge in [0.15, 0.2) is 5.54 Å². The number of thiophene rings is 1. The van der Waals surface area contributed by atoms with Crippen LogP contribution < -0.4 is 0 Å². The zero-order valence-electron chi connectivity index (χ0n) is 13.0. The Labute approximate surface area is 135 Å². The molecule has 0 aromatic carbocycles. The summed E-state index contributed by atoms with van der Waals surface area (Å²) in [6.07, 6.45) is 1.87. The number of ether oxygens (including phenoxy) is 2. The van der Waals surface area contributed by atoms with Crippen molar-refractivity contribution in [3.8, 4) is 0 Å². The van der Waals surface area contributed by atoms with Gasteiger partial charge < -0.3 is 9.47 Å². The fourth-order valence-electron chi connectivity index (χ4n) is 2.85. The Morgan fingerprint density at radius 3 is 2.68 bits per heavy atom. The van der Waals surface area contributed by atoms with E-state index in [2.05, 4.69) is 0 Å². The lowest BCUT2D eigenvalue weighted by atomic mass is 9.89. The molecule has 1 aliphatic heterocycles. The highest BCUT2D eigenvalue weighted by Crippen LogP contribution is 2.36. The third kappa shape index (κ3) is 2.92. The highest BCUT2D eigenvalue weighted by atomic mass is 32.2. The Kier molecular flexibility index (Phi) is 5.26. The molecule has 1 aromatic heterocycles. The second-order valence-electron chi connectivity index (χ2n) is 5.43. The summed E-state index contributed by atoms with van der Waals surface area (Å²) in [5.74, 6) is -0.564. The highest BCUT2D eigenvalue weighted by Gasteiger charge is 2.52. The van der Waals surface area contributed by atoms with Crippen LogP contribution in [0.25, 0.3) is 0 Å². The molecule has 1 saturated heterocycles. The summed E-state index contributed by atoms with van der Waals surface area (Å²) < 4.78 is 37.5. The first-order valence-electron chi connectivity index (χ1n) is 7.04. The minimum Gasteiger partial charge on any atom is -0.468 e. The van der Waals surface area contributed by atoms with E-state index in [0.717, 1.165) is 12.0 Å². The Morgan fingerprint density at radius 1 is 1.41 bits per heavy atom. The zero-order valence-corrected chi connectivity index (χ0v) is 14.6. The van der Waals surface area contributed by atoms with Crippen molar-refractivity contribution in [1.29, 1.82) is 0 Å². The van der Waals surface area contributed by atoms with E-state index in [1.807, 2.05) is 6.92 Å². The van der Waals surface area contributed by atoms with Gasteiger partial charge in [-0.05, 0) is 43.2 Å². The van der Waals surface area contributed by atoms with Crippen molar-refractivity contribution in [2.24, 2.45) is 0 Å². The summed E-state index contributed by atoms with van der Waals surface area (Å²) in [6, 6.07) is 1.63. The number of hydrogen-bond acceptors (Lipinski definition) is 6. The van der Waals surface area contributed by atoms with Crippen LogP contribution >= 0.6 is 11.3 Å². The summed E-state index contributed by atoms with van der Waals surface area (Å²) in [6.45, 7) is 2.12. The molecule has 1 unspecified atom stereocenters. The number of rotatable bonds is 5. The van der Waals surface area contributed by atoms with Crippen LogP contribution in [0.5, 0.6) is 0 Å². The topological polar surface area (TPSA) is 72.9 Å². The first-order chi connectivity index (χ1) is 10.4. The summed E-state index contributed by atoms with van der Waals surface area (Å²) in [5, 5.41) is 1.78. The van der Waals surface area contributed by atoms with Crippen LogP contribution in [0.3, 0.4) is 0 Å². The number of hydrogen-bond donors (Lipinski definition) is 0. The van der Waals surface area contributed by atoms with E-state index in [9.17, 15) is 13.2 Å². The molecule has 0 aliphatic carbocycles. The first kappa shape index (κ1) is 17.4. The molecule has 1 aliphatic rings. The van der Waals surface area contributed by atoms with Crippen molar-refractivity contribution in [1.82, 2.24) is 4.31 Å². The summed E-state index contributed by atoms with van der Waals surface area (Å²) in [5.41, 5.74) is -0.394. The normalized spacial score (nSPS) is 23.4. The number of sulfonamides is 1. The summed E-state index contributed by atoms with van der Waals surface area (Å²) >= 11 is 1.17. The van der Waals surface area contributed by atoms with Gasteiger partial charge in [0.05, 0.1) is 13.7 Å². The van der Waals surface area contributed by atoms with E-state index < -0.39 is 21.5 Å². The van der Waals surface area contributed by atoms with Gasteiger partial charge >= 0.3 is 5.97 Å². The molecule has 1 fully saturated rings. The third-order valence-corrected chi connectivity index (χ3v) is 7.38. The number of methoxy groups -OCH3 is 2. The average molecular weight is 347 g/mol. The van der Waals surface area contributed by atoms with Crippen LogP contribution in [0.15, 0.2) is 15.7 Å². The molecule has 2 heterocycles. The lowest BCUT2D eigenvalue weighted by molar-refractivity contribution is -0.157. The van der Waals surface area contributed by atoms with E-state index >= 15 is 0 Å². The van der Waals surface area contributed by atoms with Crippen LogP contribution in [0.4, 0.5) is 0 Å². The van der Waals surface area contributed by atoms with Crippen LogP contribution in [0.2, 0.25) is 0 Å². The number of carbonyl (C=O) groups is 1. The second-order valence-corrected chi connectivity index (χ2v) is 8.43. The molecule has 0 spiro atoms. The maximum absolute atomic E-state index is 13.0. The third-order valence-electron chi connectivity index (χ3n) is 3.88. The number of aryl methyl sites for hydroxylation is 1. The summed E-state index contributed by atoms with van der Waals surface area (Å²) in [7, 11) is -1.03. The largest absolute Gasteiger partial charge is 0.468 e. The fraction of sp³-hybridized carbons (Fsp3) is 0.643. The fourth-order valence-corrected chi connectivity index (χ4v) is 5.97. The second kappa shape index (κ2) is 6.66. The van der Waals surface area contributed by atoms with Crippen molar-refractivity contribution in [2.75, 3.05) is 27.4 Å². The Balaban J connectivity index is 2.50. The number of piperidine rings is 1. The SMILES string of the molecule is COCC1(C(=O)OC)CCCCN1S(=O)(=O)c1cc(C)cs1. The molecular weight excluding hydrogens is 326 g/mol. The van der Waals surface area contributed by atoms with Crippen molar-refractivity contribution in [3.05, 3.63) is 17.0 Å². The average Bonchev–Trinajstić information content (AvgIpc) is 2.94. The Bertz CT molecular complexity index is 635. The zero-order chi connectivity index (χ0) is 16.4. The predicted molar refractivity (Wildman–Crippen MR) is 83.4 cm³/mol. The van der Waals surface area contributed by atoms with Gasteiger partial charge in [0.25, 0.3) is 10.0 Å². The van der Waals surface area contributed by atoms with Gasteiger partial charge in [-0.2, -0.15) is 4.31 Å². The molecule has 124 valence electrons. The molecule has 0 bridgehead atoms. The van der Waals surface area contributed by atoms with Gasteiger partial charge in [-0.3, -0.25) is 0 Å². The van der Waals surface area contributed by atoms with E-state index in [1.54, 1.807) is 11.4 Å². The van der Waals surface area contributed by atoms with E-state index in [-0.39, 0.29) is 17.4 Å². The number of nitrogens with zero attached hydrogens (tertiary/aromatic N) is 1. The number of carbonyl (C=O) groups excluding carboxylic acids is 1. The lowest BCUT2D eigenvalue weighted by Crippen LogP contribution is -2.62. The van der Waals surface area contributed by atoms with Gasteiger partial charge in [-0.1, -0.05) is 0 Å². The Hall–Kier alpha value is -0.960. The smallest absolute Gasteiger partial charge is 0.329 e. The minimum atomic E-state index is -3.76. The molecular formula is C14H21NO5S2. The van der Waals surface area contributed by atoms with Gasteiger partial charge in [0.2, 0.25) is 0 Å². The molecule has 0 N–H and O–H groups in total. The van der Waals surface area contributed by atoms with Crippen LogP contribution in [-0.2, 0) is 24.3 Å². The number of esters is 1. The minimum absolute atomic E-state index is 0.0107. The van der Waals surface area contributed by atoms with E-state index in [0.29, 0.717) is 12.8 Å². The van der Waals surface area contributed by atoms with Crippen LogP contribution in [0.1, 0.15) is 24.8 Å². The maximum Gasteiger partial charge on any atom is 0.329 e. The summed E-state index contributed by atoms with van der Waals surface area (Å²) in [4.78, 5) is 12.4. The molecule has 0 radical (unpaired) electrons. The molecule has 6 nitrogen and oxygen atoms in total. The van der Waals surface area contributed by atoms with E-state index in [1.165, 1.54) is 29.9 Å². The van der Waals surface area contributed by atoms with Crippen molar-refractivity contribution >= 4 is 27.3 Å². The molecule has 8 heteroatoms. The molecule has 2 rings (SSSR count). The molecule has 1 aromatic rings. The molecule has 22 heavy (non-hydrogen) atoms. The highest BCUT2D eigenvalue weighted by molar-refractivity contribution is 7.91. The van der Waals surface area contributed by atoms with Gasteiger partial charge in [-0.15, -0.1) is 11.3 Å². The molecule has 0 amide bonds.